The second-order valence-electron chi connectivity index (χ2n) is 5.66. The van der Waals surface area contributed by atoms with Crippen LogP contribution in [0.3, 0.4) is 0 Å². The molecule has 5 nitrogen and oxygen atoms in total. The average Bonchev–Trinajstić information content (AvgIpc) is 2.92. The van der Waals surface area contributed by atoms with Crippen molar-refractivity contribution >= 4 is 6.03 Å². The number of urea groups is 1. The Hall–Kier alpha value is -1.75. The summed E-state index contributed by atoms with van der Waals surface area (Å²) in [4.78, 5) is 13.2. The van der Waals surface area contributed by atoms with Gasteiger partial charge in [0.15, 0.2) is 0 Å². The largest absolute Gasteiger partial charge is 0.492 e. The van der Waals surface area contributed by atoms with Gasteiger partial charge in [0.2, 0.25) is 0 Å². The van der Waals surface area contributed by atoms with Gasteiger partial charge in [-0.05, 0) is 49.6 Å². The number of rotatable bonds is 5. The molecule has 0 bridgehead atoms. The number of carbonyl (C=O) groups is 1. The lowest BCUT2D eigenvalue weighted by molar-refractivity contribution is 0.202. The van der Waals surface area contributed by atoms with Gasteiger partial charge >= 0.3 is 6.03 Å². The molecule has 0 saturated carbocycles. The van der Waals surface area contributed by atoms with E-state index in [1.54, 1.807) is 4.90 Å². The number of ether oxygens (including phenoxy) is 1. The van der Waals surface area contributed by atoms with Crippen molar-refractivity contribution in [2.45, 2.75) is 25.3 Å². The standard InChI is InChI=1S/C16H23N3O2/c1-17-15-4-2-3-12-11-13(5-6-14(12)15)21-10-9-19-8-7-18-16(19)20/h5-6,11,15,17H,2-4,7-10H2,1H3,(H,18,20). The first-order valence-electron chi connectivity index (χ1n) is 7.73. The summed E-state index contributed by atoms with van der Waals surface area (Å²) in [6.45, 7) is 2.70. The lowest BCUT2D eigenvalue weighted by Crippen LogP contribution is -2.31. The van der Waals surface area contributed by atoms with Crippen molar-refractivity contribution in [1.29, 1.82) is 0 Å². The molecule has 1 aliphatic heterocycles. The van der Waals surface area contributed by atoms with Gasteiger partial charge in [0.1, 0.15) is 12.4 Å². The van der Waals surface area contributed by atoms with Crippen molar-refractivity contribution in [3.05, 3.63) is 29.3 Å². The Labute approximate surface area is 125 Å². The van der Waals surface area contributed by atoms with Crippen LogP contribution in [0.4, 0.5) is 4.79 Å². The van der Waals surface area contributed by atoms with Crippen LogP contribution >= 0.6 is 0 Å². The third-order valence-corrected chi connectivity index (χ3v) is 4.35. The molecule has 1 fully saturated rings. The third kappa shape index (κ3) is 3.13. The van der Waals surface area contributed by atoms with Crippen LogP contribution in [0, 0.1) is 0 Å². The first kappa shape index (κ1) is 14.2. The van der Waals surface area contributed by atoms with E-state index in [0.29, 0.717) is 19.2 Å². The van der Waals surface area contributed by atoms with Crippen LogP contribution in [0.2, 0.25) is 0 Å². The fraction of sp³-hybridized carbons (Fsp3) is 0.562. The average molecular weight is 289 g/mol. The normalized spacial score (nSPS) is 21.1. The number of benzene rings is 1. The summed E-state index contributed by atoms with van der Waals surface area (Å²) in [6, 6.07) is 6.85. The van der Waals surface area contributed by atoms with E-state index in [1.807, 2.05) is 13.1 Å². The second kappa shape index (κ2) is 6.35. The minimum absolute atomic E-state index is 0.0147. The molecule has 0 aromatic heterocycles. The molecule has 0 spiro atoms. The zero-order valence-electron chi connectivity index (χ0n) is 12.5. The lowest BCUT2D eigenvalue weighted by Gasteiger charge is -2.25. The van der Waals surface area contributed by atoms with E-state index in [0.717, 1.165) is 25.3 Å². The van der Waals surface area contributed by atoms with Crippen LogP contribution in [0.25, 0.3) is 0 Å². The molecule has 5 heteroatoms. The predicted molar refractivity (Wildman–Crippen MR) is 81.6 cm³/mol. The summed E-state index contributed by atoms with van der Waals surface area (Å²) in [7, 11) is 2.02. The van der Waals surface area contributed by atoms with Crippen molar-refractivity contribution in [2.75, 3.05) is 33.3 Å². The summed E-state index contributed by atoms with van der Waals surface area (Å²) in [5.74, 6) is 0.908. The van der Waals surface area contributed by atoms with Gasteiger partial charge in [-0.25, -0.2) is 4.79 Å². The SMILES string of the molecule is CNC1CCCc2cc(OCCN3CCNC3=O)ccc21. The summed E-state index contributed by atoms with van der Waals surface area (Å²) in [5, 5.41) is 6.17. The summed E-state index contributed by atoms with van der Waals surface area (Å²) in [6.07, 6.45) is 3.54. The Morgan fingerprint density at radius 1 is 1.48 bits per heavy atom. The van der Waals surface area contributed by atoms with Gasteiger partial charge in [-0.2, -0.15) is 0 Å². The Balaban J connectivity index is 1.58. The van der Waals surface area contributed by atoms with E-state index in [9.17, 15) is 4.79 Å². The van der Waals surface area contributed by atoms with Crippen LogP contribution in [0.1, 0.15) is 30.0 Å². The highest BCUT2D eigenvalue weighted by Gasteiger charge is 2.20. The Morgan fingerprint density at radius 2 is 2.38 bits per heavy atom. The van der Waals surface area contributed by atoms with Crippen LogP contribution in [-0.4, -0.2) is 44.2 Å². The number of amides is 2. The van der Waals surface area contributed by atoms with Crippen LogP contribution in [0.5, 0.6) is 5.75 Å². The molecular weight excluding hydrogens is 266 g/mol. The highest BCUT2D eigenvalue weighted by Crippen LogP contribution is 2.31. The number of hydrogen-bond acceptors (Lipinski definition) is 3. The summed E-state index contributed by atoms with van der Waals surface area (Å²) in [5.41, 5.74) is 2.78. The maximum absolute atomic E-state index is 11.4. The monoisotopic (exact) mass is 289 g/mol. The van der Waals surface area contributed by atoms with Crippen molar-refractivity contribution in [2.24, 2.45) is 0 Å². The first-order valence-corrected chi connectivity index (χ1v) is 7.73. The summed E-state index contributed by atoms with van der Waals surface area (Å²) >= 11 is 0. The highest BCUT2D eigenvalue weighted by atomic mass is 16.5. The van der Waals surface area contributed by atoms with E-state index in [1.165, 1.54) is 24.0 Å². The number of fused-ring (bicyclic) bond motifs is 1. The van der Waals surface area contributed by atoms with Crippen LogP contribution in [0.15, 0.2) is 18.2 Å². The highest BCUT2D eigenvalue weighted by molar-refractivity contribution is 5.76. The molecule has 1 atom stereocenters. The smallest absolute Gasteiger partial charge is 0.317 e. The quantitative estimate of drug-likeness (QED) is 0.867. The number of nitrogens with one attached hydrogen (secondary N) is 2. The summed E-state index contributed by atoms with van der Waals surface area (Å²) < 4.78 is 5.81. The van der Waals surface area contributed by atoms with Gasteiger partial charge in [0.05, 0.1) is 6.54 Å². The van der Waals surface area contributed by atoms with Gasteiger partial charge < -0.3 is 20.3 Å². The van der Waals surface area contributed by atoms with Crippen molar-refractivity contribution in [3.8, 4) is 5.75 Å². The van der Waals surface area contributed by atoms with E-state index in [4.69, 9.17) is 4.74 Å². The molecule has 2 aliphatic rings. The lowest BCUT2D eigenvalue weighted by atomic mass is 9.87. The predicted octanol–water partition coefficient (Wildman–Crippen LogP) is 1.69. The molecule has 1 saturated heterocycles. The van der Waals surface area contributed by atoms with E-state index in [-0.39, 0.29) is 6.03 Å². The Kier molecular flexibility index (Phi) is 4.29. The van der Waals surface area contributed by atoms with Gasteiger partial charge in [0.25, 0.3) is 0 Å². The van der Waals surface area contributed by atoms with Gasteiger partial charge in [0, 0.05) is 19.1 Å². The Morgan fingerprint density at radius 3 is 3.14 bits per heavy atom. The van der Waals surface area contributed by atoms with Crippen molar-refractivity contribution in [3.63, 3.8) is 0 Å². The molecule has 1 unspecified atom stereocenters. The maximum Gasteiger partial charge on any atom is 0.317 e. The fourth-order valence-electron chi connectivity index (χ4n) is 3.18. The van der Waals surface area contributed by atoms with Crippen molar-refractivity contribution in [1.82, 2.24) is 15.5 Å². The maximum atomic E-state index is 11.4. The molecule has 114 valence electrons. The number of nitrogens with zero attached hydrogens (tertiary/aromatic N) is 1. The number of hydrogen-bond donors (Lipinski definition) is 2. The van der Waals surface area contributed by atoms with E-state index < -0.39 is 0 Å². The molecule has 3 rings (SSSR count). The zero-order chi connectivity index (χ0) is 14.7. The van der Waals surface area contributed by atoms with Gasteiger partial charge in [-0.1, -0.05) is 6.07 Å². The molecule has 2 amide bonds. The van der Waals surface area contributed by atoms with Gasteiger partial charge in [-0.3, -0.25) is 0 Å². The van der Waals surface area contributed by atoms with Crippen LogP contribution < -0.4 is 15.4 Å². The number of aryl methyl sites for hydroxylation is 1. The number of carbonyl (C=O) groups excluding carboxylic acids is 1. The fourth-order valence-corrected chi connectivity index (χ4v) is 3.18. The molecule has 21 heavy (non-hydrogen) atoms. The molecule has 0 radical (unpaired) electrons. The zero-order valence-corrected chi connectivity index (χ0v) is 12.5. The topological polar surface area (TPSA) is 53.6 Å². The molecule has 1 heterocycles. The second-order valence-corrected chi connectivity index (χ2v) is 5.66. The molecule has 2 N–H and O–H groups in total. The van der Waals surface area contributed by atoms with Crippen LogP contribution in [-0.2, 0) is 6.42 Å². The first-order chi connectivity index (χ1) is 10.3. The van der Waals surface area contributed by atoms with Gasteiger partial charge in [-0.15, -0.1) is 0 Å². The third-order valence-electron chi connectivity index (χ3n) is 4.35. The Bertz CT molecular complexity index is 518. The molecular formula is C16H23N3O2. The molecule has 1 aliphatic carbocycles. The van der Waals surface area contributed by atoms with E-state index in [2.05, 4.69) is 22.8 Å². The minimum Gasteiger partial charge on any atom is -0.492 e. The van der Waals surface area contributed by atoms with E-state index >= 15 is 0 Å². The van der Waals surface area contributed by atoms with Crippen molar-refractivity contribution < 1.29 is 9.53 Å². The minimum atomic E-state index is 0.0147. The molecule has 1 aromatic carbocycles. The molecule has 1 aromatic rings.